The summed E-state index contributed by atoms with van der Waals surface area (Å²) < 4.78 is 0. The Morgan fingerprint density at radius 1 is 1.19 bits per heavy atom. The number of thiophene rings is 1. The summed E-state index contributed by atoms with van der Waals surface area (Å²) in [5, 5.41) is 5.88. The van der Waals surface area contributed by atoms with Gasteiger partial charge in [-0.05, 0) is 37.8 Å². The Balaban J connectivity index is 1.91. The highest BCUT2D eigenvalue weighted by molar-refractivity contribution is 7.10. The number of nitrogens with zero attached hydrogens (tertiary/aromatic N) is 1. The number of benzene rings is 1. The van der Waals surface area contributed by atoms with Gasteiger partial charge in [0.2, 0.25) is 0 Å². The lowest BCUT2D eigenvalue weighted by Crippen LogP contribution is -2.58. The zero-order valence-electron chi connectivity index (χ0n) is 13.0. The second-order valence-corrected chi connectivity index (χ2v) is 7.53. The summed E-state index contributed by atoms with van der Waals surface area (Å²) in [4.78, 5) is 4.10. The van der Waals surface area contributed by atoms with Crippen LogP contribution >= 0.6 is 11.3 Å². The van der Waals surface area contributed by atoms with Gasteiger partial charge in [-0.15, -0.1) is 11.3 Å². The minimum atomic E-state index is 0.163. The summed E-state index contributed by atoms with van der Waals surface area (Å²) >= 11 is 1.86. The maximum atomic E-state index is 3.70. The second kappa shape index (κ2) is 5.91. The Bertz CT molecular complexity index is 562. The van der Waals surface area contributed by atoms with Gasteiger partial charge in [-0.2, -0.15) is 0 Å². The molecule has 21 heavy (non-hydrogen) atoms. The number of piperazine rings is 1. The fourth-order valence-corrected chi connectivity index (χ4v) is 4.00. The second-order valence-electron chi connectivity index (χ2n) is 6.55. The Morgan fingerprint density at radius 3 is 2.62 bits per heavy atom. The third kappa shape index (κ3) is 3.20. The number of nitrogens with one attached hydrogen (secondary N) is 1. The Kier molecular flexibility index (Phi) is 4.16. The van der Waals surface area contributed by atoms with Gasteiger partial charge in [0.1, 0.15) is 0 Å². The molecule has 1 saturated heterocycles. The van der Waals surface area contributed by atoms with Gasteiger partial charge in [0, 0.05) is 35.6 Å². The lowest BCUT2D eigenvalue weighted by Gasteiger charge is -2.47. The molecule has 1 aliphatic heterocycles. The van der Waals surface area contributed by atoms with Crippen molar-refractivity contribution in [2.75, 3.05) is 13.1 Å². The third-order valence-corrected chi connectivity index (χ3v) is 5.43. The van der Waals surface area contributed by atoms with Crippen LogP contribution in [0.1, 0.15) is 43.3 Å². The van der Waals surface area contributed by atoms with Crippen molar-refractivity contribution in [1.29, 1.82) is 0 Å². The lowest BCUT2D eigenvalue weighted by molar-refractivity contribution is 0.0608. The molecule has 2 atom stereocenters. The van der Waals surface area contributed by atoms with Gasteiger partial charge in [-0.3, -0.25) is 4.90 Å². The monoisotopic (exact) mass is 300 g/mol. The van der Waals surface area contributed by atoms with Crippen LogP contribution in [-0.4, -0.2) is 23.5 Å². The standard InChI is InChI=1S/C18H24N2S/c1-14(17-10-7-11-21-17)20-13-18(2,3)19-12-16(20)15-8-5-4-6-9-15/h4-11,14,16,19H,12-13H2,1-3H3. The molecule has 0 aliphatic carbocycles. The predicted molar refractivity (Wildman–Crippen MR) is 90.7 cm³/mol. The molecule has 0 bridgehead atoms. The molecule has 0 spiro atoms. The average Bonchev–Trinajstić information content (AvgIpc) is 3.01. The van der Waals surface area contributed by atoms with E-state index in [1.807, 2.05) is 11.3 Å². The van der Waals surface area contributed by atoms with E-state index in [1.54, 1.807) is 0 Å². The average molecular weight is 300 g/mol. The van der Waals surface area contributed by atoms with E-state index in [9.17, 15) is 0 Å². The largest absolute Gasteiger partial charge is 0.309 e. The van der Waals surface area contributed by atoms with Crippen LogP contribution in [0.3, 0.4) is 0 Å². The van der Waals surface area contributed by atoms with Crippen molar-refractivity contribution in [2.45, 2.75) is 38.4 Å². The number of hydrogen-bond acceptors (Lipinski definition) is 3. The highest BCUT2D eigenvalue weighted by atomic mass is 32.1. The third-order valence-electron chi connectivity index (χ3n) is 4.39. The Labute approximate surface area is 131 Å². The molecule has 2 heterocycles. The van der Waals surface area contributed by atoms with Gasteiger partial charge in [0.25, 0.3) is 0 Å². The van der Waals surface area contributed by atoms with Crippen LogP contribution < -0.4 is 5.32 Å². The van der Waals surface area contributed by atoms with Gasteiger partial charge < -0.3 is 5.32 Å². The van der Waals surface area contributed by atoms with E-state index in [0.29, 0.717) is 12.1 Å². The molecule has 2 aromatic rings. The highest BCUT2D eigenvalue weighted by Gasteiger charge is 2.36. The maximum absolute atomic E-state index is 3.70. The summed E-state index contributed by atoms with van der Waals surface area (Å²) in [7, 11) is 0. The smallest absolute Gasteiger partial charge is 0.0480 e. The number of hydrogen-bond donors (Lipinski definition) is 1. The first-order valence-electron chi connectivity index (χ1n) is 7.66. The first-order valence-corrected chi connectivity index (χ1v) is 8.54. The molecule has 1 aromatic carbocycles. The molecular formula is C18H24N2S. The predicted octanol–water partition coefficient (Wildman–Crippen LogP) is 4.23. The summed E-state index contributed by atoms with van der Waals surface area (Å²) in [6, 6.07) is 16.2. The van der Waals surface area contributed by atoms with Gasteiger partial charge in [-0.1, -0.05) is 36.4 Å². The summed E-state index contributed by atoms with van der Waals surface area (Å²) in [6.45, 7) is 8.99. The molecule has 3 heteroatoms. The van der Waals surface area contributed by atoms with Crippen LogP contribution in [0.15, 0.2) is 47.8 Å². The molecule has 1 fully saturated rings. The van der Waals surface area contributed by atoms with Crippen molar-refractivity contribution in [3.8, 4) is 0 Å². The molecule has 1 N–H and O–H groups in total. The van der Waals surface area contributed by atoms with E-state index in [4.69, 9.17) is 0 Å². The quantitative estimate of drug-likeness (QED) is 0.912. The highest BCUT2D eigenvalue weighted by Crippen LogP contribution is 2.36. The topological polar surface area (TPSA) is 15.3 Å². The minimum Gasteiger partial charge on any atom is -0.309 e. The zero-order valence-corrected chi connectivity index (χ0v) is 13.9. The molecule has 2 nitrogen and oxygen atoms in total. The van der Waals surface area contributed by atoms with Crippen LogP contribution in [0.25, 0.3) is 0 Å². The Morgan fingerprint density at radius 2 is 1.95 bits per heavy atom. The van der Waals surface area contributed by atoms with E-state index in [1.165, 1.54) is 10.4 Å². The van der Waals surface area contributed by atoms with Crippen molar-refractivity contribution in [3.63, 3.8) is 0 Å². The molecule has 0 amide bonds. The summed E-state index contributed by atoms with van der Waals surface area (Å²) in [5.74, 6) is 0. The minimum absolute atomic E-state index is 0.163. The molecule has 112 valence electrons. The van der Waals surface area contributed by atoms with Crippen LogP contribution in [0.2, 0.25) is 0 Å². The van der Waals surface area contributed by atoms with Crippen LogP contribution in [0, 0.1) is 0 Å². The van der Waals surface area contributed by atoms with Crippen molar-refractivity contribution in [2.24, 2.45) is 0 Å². The van der Waals surface area contributed by atoms with Crippen molar-refractivity contribution >= 4 is 11.3 Å². The maximum Gasteiger partial charge on any atom is 0.0480 e. The van der Waals surface area contributed by atoms with Crippen LogP contribution in [-0.2, 0) is 0 Å². The molecule has 3 rings (SSSR count). The van der Waals surface area contributed by atoms with E-state index < -0.39 is 0 Å². The number of rotatable bonds is 3. The molecule has 1 aliphatic rings. The van der Waals surface area contributed by atoms with Crippen LogP contribution in [0.4, 0.5) is 0 Å². The van der Waals surface area contributed by atoms with Crippen molar-refractivity contribution in [3.05, 3.63) is 58.3 Å². The fourth-order valence-electron chi connectivity index (χ4n) is 3.20. The molecule has 2 unspecified atom stereocenters. The normalized spacial score (nSPS) is 23.9. The van der Waals surface area contributed by atoms with Gasteiger partial charge in [0.05, 0.1) is 0 Å². The first kappa shape index (κ1) is 14.8. The molecule has 1 aromatic heterocycles. The first-order chi connectivity index (χ1) is 10.1. The lowest BCUT2D eigenvalue weighted by atomic mass is 9.93. The summed E-state index contributed by atoms with van der Waals surface area (Å²) in [6.07, 6.45) is 0. The van der Waals surface area contributed by atoms with E-state index in [0.717, 1.165) is 13.1 Å². The van der Waals surface area contributed by atoms with E-state index in [2.05, 4.69) is 78.8 Å². The van der Waals surface area contributed by atoms with E-state index >= 15 is 0 Å². The van der Waals surface area contributed by atoms with Gasteiger partial charge >= 0.3 is 0 Å². The Hall–Kier alpha value is -1.16. The fraction of sp³-hybridized carbons (Fsp3) is 0.444. The summed E-state index contributed by atoms with van der Waals surface area (Å²) in [5.41, 5.74) is 1.57. The van der Waals surface area contributed by atoms with E-state index in [-0.39, 0.29) is 5.54 Å². The van der Waals surface area contributed by atoms with Gasteiger partial charge in [0.15, 0.2) is 0 Å². The van der Waals surface area contributed by atoms with Crippen molar-refractivity contribution in [1.82, 2.24) is 10.2 Å². The van der Waals surface area contributed by atoms with Crippen molar-refractivity contribution < 1.29 is 0 Å². The molecule has 0 radical (unpaired) electrons. The van der Waals surface area contributed by atoms with Crippen LogP contribution in [0.5, 0.6) is 0 Å². The SMILES string of the molecule is CC(c1cccs1)N1CC(C)(C)NCC1c1ccccc1. The molecule has 0 saturated carbocycles. The zero-order chi connectivity index (χ0) is 14.9. The molecular weight excluding hydrogens is 276 g/mol. The van der Waals surface area contributed by atoms with Gasteiger partial charge in [-0.25, -0.2) is 0 Å².